The van der Waals surface area contributed by atoms with Gasteiger partial charge in [-0.05, 0) is 97.9 Å². The normalized spacial score (nSPS) is 20.2. The molecule has 2 aromatic carbocycles. The number of aliphatic hydroxyl groups excluding tert-OH is 1. The summed E-state index contributed by atoms with van der Waals surface area (Å²) in [6.07, 6.45) is 14.5. The Hall–Kier alpha value is -3.07. The monoisotopic (exact) mass is 640 g/mol. The summed E-state index contributed by atoms with van der Waals surface area (Å²) in [6.45, 7) is 11.8. The number of nitrogens with zero attached hydrogens (tertiary/aromatic N) is 1. The van der Waals surface area contributed by atoms with Crippen LogP contribution in [0, 0.1) is 11.8 Å². The fourth-order valence-electron chi connectivity index (χ4n) is 6.09. The van der Waals surface area contributed by atoms with Gasteiger partial charge in [-0.2, -0.15) is 0 Å². The van der Waals surface area contributed by atoms with Gasteiger partial charge in [-0.15, -0.1) is 13.2 Å². The van der Waals surface area contributed by atoms with Crippen LogP contribution in [-0.4, -0.2) is 50.5 Å². The lowest BCUT2D eigenvalue weighted by molar-refractivity contribution is 0.0115. The lowest BCUT2D eigenvalue weighted by Gasteiger charge is -2.43. The number of allylic oxidation sites excluding steroid dienone is 1. The molecule has 2 aliphatic carbocycles. The highest BCUT2D eigenvalue weighted by Crippen LogP contribution is 2.41. The molecule has 4 atom stereocenters. The van der Waals surface area contributed by atoms with Crippen LogP contribution < -0.4 is 24.8 Å². The third kappa shape index (κ3) is 8.34. The number of hydrogen-bond acceptors (Lipinski definition) is 6. The number of carbonyl (C=O) groups is 1. The molecule has 3 aliphatic rings. The zero-order chi connectivity index (χ0) is 31.7. The summed E-state index contributed by atoms with van der Waals surface area (Å²) >= 11 is 6.12. The summed E-state index contributed by atoms with van der Waals surface area (Å²) in [5.74, 6) is 1.34. The Kier molecular flexibility index (Phi) is 12.1. The number of rotatable bonds is 11. The Balaban J connectivity index is 0.000000201. The van der Waals surface area contributed by atoms with Crippen LogP contribution in [-0.2, 0) is 10.0 Å². The number of halogens is 1. The average molecular weight is 641 g/mol. The molecule has 44 heavy (non-hydrogen) atoms. The minimum Gasteiger partial charge on any atom is -0.491 e. The molecule has 0 radical (unpaired) electrons. The van der Waals surface area contributed by atoms with Crippen molar-refractivity contribution in [2.24, 2.45) is 11.8 Å². The van der Waals surface area contributed by atoms with Gasteiger partial charge in [0.25, 0.3) is 5.91 Å². The highest BCUT2D eigenvalue weighted by molar-refractivity contribution is 7.90. The predicted octanol–water partition coefficient (Wildman–Crippen LogP) is 5.35. The Bertz CT molecular complexity index is 1560. The van der Waals surface area contributed by atoms with Crippen molar-refractivity contribution in [1.29, 1.82) is 0 Å². The topological polar surface area (TPSA) is 95.9 Å². The summed E-state index contributed by atoms with van der Waals surface area (Å²) in [5, 5.41) is 11.7. The molecule has 0 bridgehead atoms. The number of carbonyl (C=O) groups excluding carboxylic acids is 1. The van der Waals surface area contributed by atoms with Crippen LogP contribution in [0.1, 0.15) is 68.6 Å². The van der Waals surface area contributed by atoms with E-state index in [1.807, 2.05) is 24.3 Å². The van der Waals surface area contributed by atoms with Crippen molar-refractivity contribution in [2.75, 3.05) is 24.6 Å². The second-order valence-electron chi connectivity index (χ2n) is 11.7. The highest BCUT2D eigenvalue weighted by atomic mass is 35.5. The van der Waals surface area contributed by atoms with Gasteiger partial charge < -0.3 is 14.7 Å². The maximum atomic E-state index is 12.3. The average Bonchev–Trinajstić information content (AvgIpc) is 3.20. The van der Waals surface area contributed by atoms with Crippen molar-refractivity contribution >= 4 is 45.4 Å². The smallest absolute Gasteiger partial charge is 0.266 e. The molecule has 1 saturated carbocycles. The SMILES string of the molecule is C=CCC[C@H](O)[C@@H]1CC[C@H]1CN1CCCOc2ccccc21.C=C[C@@H](CC)S(=O)(=O)NC(=O)c1cc2c(cc1Cl)=CCCC=2. The molecule has 0 spiro atoms. The van der Waals surface area contributed by atoms with Crippen molar-refractivity contribution in [1.82, 2.24) is 4.72 Å². The van der Waals surface area contributed by atoms with Gasteiger partial charge >= 0.3 is 0 Å². The first-order valence-electron chi connectivity index (χ1n) is 15.6. The van der Waals surface area contributed by atoms with E-state index < -0.39 is 21.2 Å². The Morgan fingerprint density at radius 3 is 2.57 bits per heavy atom. The summed E-state index contributed by atoms with van der Waals surface area (Å²) in [5.41, 5.74) is 1.38. The van der Waals surface area contributed by atoms with Crippen LogP contribution in [0.3, 0.4) is 0 Å². The molecular formula is C35H45ClN2O5S. The van der Waals surface area contributed by atoms with Gasteiger partial charge in [0.1, 0.15) is 5.75 Å². The van der Waals surface area contributed by atoms with Crippen molar-refractivity contribution in [3.05, 3.63) is 82.7 Å². The second kappa shape index (κ2) is 15.8. The van der Waals surface area contributed by atoms with Gasteiger partial charge in [0, 0.05) is 13.1 Å². The Morgan fingerprint density at radius 2 is 1.91 bits per heavy atom. The number of fused-ring (bicyclic) bond motifs is 2. The molecule has 1 aliphatic heterocycles. The van der Waals surface area contributed by atoms with Crippen molar-refractivity contribution in [2.45, 2.75) is 69.6 Å². The molecule has 0 saturated heterocycles. The van der Waals surface area contributed by atoms with Crippen molar-refractivity contribution in [3.8, 4) is 5.75 Å². The minimum atomic E-state index is -3.80. The van der Waals surface area contributed by atoms with E-state index in [4.69, 9.17) is 16.3 Å². The lowest BCUT2D eigenvalue weighted by Crippen LogP contribution is -2.43. The van der Waals surface area contributed by atoms with E-state index in [9.17, 15) is 18.3 Å². The van der Waals surface area contributed by atoms with Crippen molar-refractivity contribution < 1.29 is 23.1 Å². The van der Waals surface area contributed by atoms with Gasteiger partial charge in [-0.1, -0.05) is 55.0 Å². The number of anilines is 1. The third-order valence-electron chi connectivity index (χ3n) is 8.74. The molecule has 238 valence electrons. The van der Waals surface area contributed by atoms with Gasteiger partial charge in [-0.25, -0.2) is 13.1 Å². The summed E-state index contributed by atoms with van der Waals surface area (Å²) in [7, 11) is -3.80. The molecule has 2 N–H and O–H groups in total. The van der Waals surface area contributed by atoms with Crippen LogP contribution in [0.25, 0.3) is 12.2 Å². The molecule has 1 amide bonds. The Morgan fingerprint density at radius 1 is 1.18 bits per heavy atom. The molecule has 5 rings (SSSR count). The first-order valence-corrected chi connectivity index (χ1v) is 17.5. The molecule has 2 aromatic rings. The minimum absolute atomic E-state index is 0.162. The fraction of sp³-hybridized carbons (Fsp3) is 0.457. The quantitative estimate of drug-likeness (QED) is 0.322. The number of para-hydroxylation sites is 2. The lowest BCUT2D eigenvalue weighted by atomic mass is 9.69. The summed E-state index contributed by atoms with van der Waals surface area (Å²) in [4.78, 5) is 14.7. The molecular weight excluding hydrogens is 596 g/mol. The van der Waals surface area contributed by atoms with Gasteiger partial charge in [0.05, 0.1) is 34.2 Å². The van der Waals surface area contributed by atoms with E-state index in [0.29, 0.717) is 18.3 Å². The molecule has 0 aromatic heterocycles. The molecule has 1 fully saturated rings. The maximum Gasteiger partial charge on any atom is 0.266 e. The number of nitrogens with one attached hydrogen (secondary N) is 1. The molecule has 7 nitrogen and oxygen atoms in total. The van der Waals surface area contributed by atoms with E-state index in [0.717, 1.165) is 74.4 Å². The van der Waals surface area contributed by atoms with E-state index >= 15 is 0 Å². The van der Waals surface area contributed by atoms with Crippen LogP contribution >= 0.6 is 11.6 Å². The number of ether oxygens (including phenoxy) is 1. The van der Waals surface area contributed by atoms with Gasteiger partial charge in [0.15, 0.2) is 0 Å². The van der Waals surface area contributed by atoms with E-state index in [1.165, 1.54) is 18.2 Å². The van der Waals surface area contributed by atoms with Gasteiger partial charge in [-0.3, -0.25) is 4.79 Å². The van der Waals surface area contributed by atoms with E-state index in [1.54, 1.807) is 19.1 Å². The van der Waals surface area contributed by atoms with Gasteiger partial charge in [0.2, 0.25) is 10.0 Å². The zero-order valence-electron chi connectivity index (χ0n) is 25.6. The summed E-state index contributed by atoms with van der Waals surface area (Å²) in [6, 6.07) is 11.7. The van der Waals surface area contributed by atoms with Crippen LogP contribution in [0.5, 0.6) is 5.75 Å². The largest absolute Gasteiger partial charge is 0.491 e. The fourth-order valence-corrected chi connectivity index (χ4v) is 7.56. The van der Waals surface area contributed by atoms with E-state index in [2.05, 4.69) is 41.0 Å². The number of hydrogen-bond donors (Lipinski definition) is 2. The van der Waals surface area contributed by atoms with E-state index in [-0.39, 0.29) is 16.7 Å². The Labute approximate surface area is 267 Å². The molecule has 1 heterocycles. The van der Waals surface area contributed by atoms with Crippen LogP contribution in [0.15, 0.2) is 61.7 Å². The molecule has 9 heteroatoms. The number of benzene rings is 2. The first-order chi connectivity index (χ1) is 21.2. The first kappa shape index (κ1) is 33.8. The second-order valence-corrected chi connectivity index (χ2v) is 14.0. The summed E-state index contributed by atoms with van der Waals surface area (Å²) < 4.78 is 32.1. The predicted molar refractivity (Wildman–Crippen MR) is 180 cm³/mol. The molecule has 0 unspecified atom stereocenters. The number of sulfonamides is 1. The standard InChI is InChI=1S/C19H27NO2.C16H18ClNO3S/c1-2-3-8-18(21)16-11-10-15(16)14-20-12-6-13-22-19-9-5-4-7-17(19)20;1-3-13(4-2)22(20,21)18-16(19)14-9-11-7-5-6-8-12(11)10-15(14)17/h2,4-5,7,9,15-16,18,21H,1,3,6,8,10-14H2;3,7-10,13H,1,4-6H2,2H3,(H,18,19)/t15-,16+,18-;13-/m00/s1. The number of aliphatic hydroxyl groups is 1. The van der Waals surface area contributed by atoms with Crippen LogP contribution in [0.2, 0.25) is 5.02 Å². The number of amides is 1. The van der Waals surface area contributed by atoms with Crippen molar-refractivity contribution in [3.63, 3.8) is 0 Å². The zero-order valence-corrected chi connectivity index (χ0v) is 27.2. The maximum absolute atomic E-state index is 12.3. The highest BCUT2D eigenvalue weighted by Gasteiger charge is 2.37. The third-order valence-corrected chi connectivity index (χ3v) is 10.8. The van der Waals surface area contributed by atoms with Crippen LogP contribution in [0.4, 0.5) is 5.69 Å².